The van der Waals surface area contributed by atoms with E-state index in [1.54, 1.807) is 4.90 Å². The summed E-state index contributed by atoms with van der Waals surface area (Å²) < 4.78 is 0. The molecule has 0 unspecified atom stereocenters. The summed E-state index contributed by atoms with van der Waals surface area (Å²) in [7, 11) is 0. The van der Waals surface area contributed by atoms with E-state index in [0.717, 1.165) is 31.4 Å². The zero-order valence-corrected chi connectivity index (χ0v) is 12.7. The second-order valence-corrected chi connectivity index (χ2v) is 6.07. The lowest BCUT2D eigenvalue weighted by atomic mass is 10.0. The first-order valence-electron chi connectivity index (χ1n) is 8.06. The predicted octanol–water partition coefficient (Wildman–Crippen LogP) is 2.97. The first-order valence-corrected chi connectivity index (χ1v) is 8.06. The second-order valence-electron chi connectivity index (χ2n) is 6.07. The molecule has 2 atom stereocenters. The zero-order chi connectivity index (χ0) is 15.4. The number of anilines is 1. The molecule has 1 aliphatic carbocycles. The van der Waals surface area contributed by atoms with Crippen LogP contribution in [0.15, 0.2) is 42.5 Å². The van der Waals surface area contributed by atoms with Crippen LogP contribution >= 0.6 is 0 Å². The second kappa shape index (κ2) is 6.77. The largest absolute Gasteiger partial charge is 0.331 e. The molecule has 4 nitrogen and oxygen atoms in total. The molecule has 3 rings (SSSR count). The van der Waals surface area contributed by atoms with Crippen molar-refractivity contribution in [2.24, 2.45) is 5.92 Å². The van der Waals surface area contributed by atoms with Crippen molar-refractivity contribution in [3.8, 4) is 0 Å². The maximum atomic E-state index is 12.5. The minimum absolute atomic E-state index is 0.0704. The zero-order valence-electron chi connectivity index (χ0n) is 12.7. The first-order chi connectivity index (χ1) is 10.7. The average molecular weight is 298 g/mol. The molecule has 2 aliphatic rings. The SMILES string of the molecule is O=C(Nc1ccccc1)[C@@H]1CCCN1C(=O)C[C@H]1C=CCC1. The number of allylic oxidation sites excluding steroid dienone is 2. The molecule has 0 saturated carbocycles. The highest BCUT2D eigenvalue weighted by Crippen LogP contribution is 2.25. The highest BCUT2D eigenvalue weighted by molar-refractivity contribution is 5.97. The van der Waals surface area contributed by atoms with E-state index in [4.69, 9.17) is 0 Å². The molecule has 1 aliphatic heterocycles. The lowest BCUT2D eigenvalue weighted by Gasteiger charge is -2.25. The monoisotopic (exact) mass is 298 g/mol. The number of nitrogens with zero attached hydrogens (tertiary/aromatic N) is 1. The van der Waals surface area contributed by atoms with Crippen LogP contribution in [0.3, 0.4) is 0 Å². The molecule has 116 valence electrons. The summed E-state index contributed by atoms with van der Waals surface area (Å²) in [6.45, 7) is 0.697. The van der Waals surface area contributed by atoms with Gasteiger partial charge in [-0.1, -0.05) is 30.4 Å². The summed E-state index contributed by atoms with van der Waals surface area (Å²) in [6.07, 6.45) is 8.58. The van der Waals surface area contributed by atoms with Crippen LogP contribution in [-0.4, -0.2) is 29.3 Å². The van der Waals surface area contributed by atoms with Gasteiger partial charge < -0.3 is 10.2 Å². The quantitative estimate of drug-likeness (QED) is 0.869. The third kappa shape index (κ3) is 3.38. The van der Waals surface area contributed by atoms with E-state index in [1.165, 1.54) is 0 Å². The van der Waals surface area contributed by atoms with Gasteiger partial charge in [-0.3, -0.25) is 9.59 Å². The first kappa shape index (κ1) is 14.8. The smallest absolute Gasteiger partial charge is 0.247 e. The lowest BCUT2D eigenvalue weighted by molar-refractivity contribution is -0.137. The number of hydrogen-bond donors (Lipinski definition) is 1. The number of carbonyl (C=O) groups is 2. The fourth-order valence-corrected chi connectivity index (χ4v) is 3.29. The van der Waals surface area contributed by atoms with Crippen molar-refractivity contribution in [3.05, 3.63) is 42.5 Å². The fourth-order valence-electron chi connectivity index (χ4n) is 3.29. The van der Waals surface area contributed by atoms with Crippen molar-refractivity contribution in [2.45, 2.75) is 38.1 Å². The van der Waals surface area contributed by atoms with Crippen molar-refractivity contribution in [1.29, 1.82) is 0 Å². The van der Waals surface area contributed by atoms with Gasteiger partial charge in [0.15, 0.2) is 0 Å². The molecule has 1 N–H and O–H groups in total. The lowest BCUT2D eigenvalue weighted by Crippen LogP contribution is -2.43. The summed E-state index contributed by atoms with van der Waals surface area (Å²) in [5.41, 5.74) is 0.783. The summed E-state index contributed by atoms with van der Waals surface area (Å²) in [6, 6.07) is 9.10. The Bertz CT molecular complexity index is 568. The Kier molecular flexibility index (Phi) is 4.56. The molecular weight excluding hydrogens is 276 g/mol. The molecule has 1 heterocycles. The number of hydrogen-bond acceptors (Lipinski definition) is 2. The van der Waals surface area contributed by atoms with E-state index >= 15 is 0 Å². The van der Waals surface area contributed by atoms with Gasteiger partial charge in [0.25, 0.3) is 0 Å². The molecule has 22 heavy (non-hydrogen) atoms. The topological polar surface area (TPSA) is 49.4 Å². The molecule has 1 fully saturated rings. The molecule has 1 aromatic carbocycles. The third-order valence-corrected chi connectivity index (χ3v) is 4.47. The summed E-state index contributed by atoms with van der Waals surface area (Å²) in [4.78, 5) is 26.7. The van der Waals surface area contributed by atoms with Gasteiger partial charge in [-0.25, -0.2) is 0 Å². The molecule has 1 aromatic rings. The number of carbonyl (C=O) groups excluding carboxylic acids is 2. The van der Waals surface area contributed by atoms with Crippen molar-refractivity contribution in [1.82, 2.24) is 4.90 Å². The van der Waals surface area contributed by atoms with Crippen molar-refractivity contribution in [2.75, 3.05) is 11.9 Å². The van der Waals surface area contributed by atoms with Gasteiger partial charge in [0.1, 0.15) is 6.04 Å². The van der Waals surface area contributed by atoms with E-state index in [2.05, 4.69) is 17.5 Å². The van der Waals surface area contributed by atoms with E-state index in [-0.39, 0.29) is 17.9 Å². The Morgan fingerprint density at radius 3 is 2.73 bits per heavy atom. The number of likely N-dealkylation sites (tertiary alicyclic amines) is 1. The van der Waals surface area contributed by atoms with Gasteiger partial charge in [0, 0.05) is 18.7 Å². The van der Waals surface area contributed by atoms with Crippen molar-refractivity contribution >= 4 is 17.5 Å². The summed E-state index contributed by atoms with van der Waals surface area (Å²) >= 11 is 0. The van der Waals surface area contributed by atoms with Crippen LogP contribution in [0.4, 0.5) is 5.69 Å². The fraction of sp³-hybridized carbons (Fsp3) is 0.444. The van der Waals surface area contributed by atoms with E-state index < -0.39 is 0 Å². The van der Waals surface area contributed by atoms with Crippen molar-refractivity contribution in [3.63, 3.8) is 0 Å². The van der Waals surface area contributed by atoms with Gasteiger partial charge in [-0.15, -0.1) is 0 Å². The van der Waals surface area contributed by atoms with E-state index in [9.17, 15) is 9.59 Å². The van der Waals surface area contributed by atoms with Crippen LogP contribution in [0.25, 0.3) is 0 Å². The molecule has 4 heteroatoms. The molecule has 0 aromatic heterocycles. The van der Waals surface area contributed by atoms with Crippen molar-refractivity contribution < 1.29 is 9.59 Å². The molecule has 0 bridgehead atoms. The number of para-hydroxylation sites is 1. The van der Waals surface area contributed by atoms with Gasteiger partial charge >= 0.3 is 0 Å². The van der Waals surface area contributed by atoms with Crippen LogP contribution in [0.1, 0.15) is 32.1 Å². The van der Waals surface area contributed by atoms with Crippen LogP contribution in [0.2, 0.25) is 0 Å². The highest BCUT2D eigenvalue weighted by atomic mass is 16.2. The predicted molar refractivity (Wildman–Crippen MR) is 86.3 cm³/mol. The molecular formula is C18H22N2O2. The van der Waals surface area contributed by atoms with Crippen LogP contribution in [0, 0.1) is 5.92 Å². The minimum Gasteiger partial charge on any atom is -0.331 e. The van der Waals surface area contributed by atoms with Gasteiger partial charge in [-0.2, -0.15) is 0 Å². The van der Waals surface area contributed by atoms with Gasteiger partial charge in [0.05, 0.1) is 0 Å². The molecule has 0 radical (unpaired) electrons. The minimum atomic E-state index is -0.321. The number of benzene rings is 1. The Morgan fingerprint density at radius 2 is 2.00 bits per heavy atom. The average Bonchev–Trinajstić information content (AvgIpc) is 3.19. The summed E-state index contributed by atoms with van der Waals surface area (Å²) in [5, 5.41) is 2.92. The molecule has 1 saturated heterocycles. The van der Waals surface area contributed by atoms with Gasteiger partial charge in [-0.05, 0) is 43.7 Å². The third-order valence-electron chi connectivity index (χ3n) is 4.47. The number of rotatable bonds is 4. The number of nitrogens with one attached hydrogen (secondary N) is 1. The van der Waals surface area contributed by atoms with Crippen LogP contribution in [-0.2, 0) is 9.59 Å². The number of amides is 2. The Hall–Kier alpha value is -2.10. The molecule has 2 amide bonds. The Morgan fingerprint density at radius 1 is 1.18 bits per heavy atom. The van der Waals surface area contributed by atoms with E-state index in [0.29, 0.717) is 18.9 Å². The maximum Gasteiger partial charge on any atom is 0.247 e. The standard InChI is InChI=1S/C18H22N2O2/c21-17(13-14-7-4-5-8-14)20-12-6-11-16(20)18(22)19-15-9-2-1-3-10-15/h1-4,7,9-10,14,16H,5-6,8,11-13H2,(H,19,22)/t14-,16-/m0/s1. The highest BCUT2D eigenvalue weighted by Gasteiger charge is 2.34. The molecule has 0 spiro atoms. The van der Waals surface area contributed by atoms with E-state index in [1.807, 2.05) is 30.3 Å². The Balaban J connectivity index is 1.60. The normalized spacial score (nSPS) is 23.7. The van der Waals surface area contributed by atoms with Crippen LogP contribution < -0.4 is 5.32 Å². The summed E-state index contributed by atoms with van der Waals surface area (Å²) in [5.74, 6) is 0.396. The Labute approximate surface area is 131 Å². The maximum absolute atomic E-state index is 12.5. The van der Waals surface area contributed by atoms with Crippen LogP contribution in [0.5, 0.6) is 0 Å². The van der Waals surface area contributed by atoms with Gasteiger partial charge in [0.2, 0.25) is 11.8 Å².